The first-order chi connectivity index (χ1) is 10.7. The second-order valence-corrected chi connectivity index (χ2v) is 7.16. The molecule has 0 spiro atoms. The van der Waals surface area contributed by atoms with Crippen LogP contribution in [0.1, 0.15) is 31.9 Å². The fourth-order valence-corrected chi connectivity index (χ4v) is 2.95. The van der Waals surface area contributed by atoms with Crippen molar-refractivity contribution in [3.05, 3.63) is 35.4 Å². The molecule has 0 fully saturated rings. The molecule has 1 unspecified atom stereocenters. The standard InChI is InChI=1S/C16H20N2O4S/c1-16(2,3)22-15(21)17-8-10-4-6-11(7-5-10)13-18-12(9-23-13)14(19)20/h4-7,12H,8-9H2,1-3H3,(H,17,21)(H,19,20). The first-order valence-corrected chi connectivity index (χ1v) is 8.23. The third-order valence-corrected chi connectivity index (χ3v) is 4.07. The van der Waals surface area contributed by atoms with Gasteiger partial charge in [0, 0.05) is 17.9 Å². The molecule has 0 saturated carbocycles. The Labute approximate surface area is 139 Å². The third-order valence-electron chi connectivity index (χ3n) is 2.97. The summed E-state index contributed by atoms with van der Waals surface area (Å²) >= 11 is 1.44. The number of carbonyl (C=O) groups excluding carboxylic acids is 1. The number of carboxylic acids is 1. The molecule has 1 atom stereocenters. The van der Waals surface area contributed by atoms with Crippen molar-refractivity contribution in [3.8, 4) is 0 Å². The quantitative estimate of drug-likeness (QED) is 0.882. The van der Waals surface area contributed by atoms with Gasteiger partial charge >= 0.3 is 12.1 Å². The van der Waals surface area contributed by atoms with Gasteiger partial charge in [0.15, 0.2) is 6.04 Å². The van der Waals surface area contributed by atoms with Crippen molar-refractivity contribution in [2.24, 2.45) is 4.99 Å². The number of carbonyl (C=O) groups is 2. The van der Waals surface area contributed by atoms with Gasteiger partial charge < -0.3 is 15.2 Å². The number of carboxylic acid groups (broad SMARTS) is 1. The van der Waals surface area contributed by atoms with E-state index in [-0.39, 0.29) is 0 Å². The first kappa shape index (κ1) is 17.3. The Morgan fingerprint density at radius 1 is 1.35 bits per heavy atom. The van der Waals surface area contributed by atoms with E-state index >= 15 is 0 Å². The number of rotatable bonds is 4. The average molecular weight is 336 g/mol. The number of amides is 1. The minimum absolute atomic E-state index is 0.368. The lowest BCUT2D eigenvalue weighted by molar-refractivity contribution is -0.137. The SMILES string of the molecule is CC(C)(C)OC(=O)NCc1ccc(C2=NC(C(=O)O)CS2)cc1. The van der Waals surface area contributed by atoms with Crippen molar-refractivity contribution in [3.63, 3.8) is 0 Å². The van der Waals surface area contributed by atoms with Crippen LogP contribution in [0.3, 0.4) is 0 Å². The molecule has 0 aromatic heterocycles. The Balaban J connectivity index is 1.92. The Kier molecular flexibility index (Phi) is 5.30. The van der Waals surface area contributed by atoms with Gasteiger partial charge in [0.1, 0.15) is 5.60 Å². The Morgan fingerprint density at radius 2 is 2.00 bits per heavy atom. The fraction of sp³-hybridized carbons (Fsp3) is 0.438. The number of hydrogen-bond acceptors (Lipinski definition) is 5. The van der Waals surface area contributed by atoms with Crippen molar-refractivity contribution in [2.45, 2.75) is 39.0 Å². The zero-order chi connectivity index (χ0) is 17.0. The van der Waals surface area contributed by atoms with E-state index in [2.05, 4.69) is 10.3 Å². The van der Waals surface area contributed by atoms with Gasteiger partial charge in [-0.15, -0.1) is 11.8 Å². The zero-order valence-electron chi connectivity index (χ0n) is 13.3. The van der Waals surface area contributed by atoms with Crippen LogP contribution in [0, 0.1) is 0 Å². The molecule has 1 aliphatic heterocycles. The highest BCUT2D eigenvalue weighted by Crippen LogP contribution is 2.23. The Morgan fingerprint density at radius 3 is 2.52 bits per heavy atom. The lowest BCUT2D eigenvalue weighted by atomic mass is 10.1. The van der Waals surface area contributed by atoms with Crippen molar-refractivity contribution in [1.82, 2.24) is 5.32 Å². The minimum Gasteiger partial charge on any atom is -0.480 e. The number of aliphatic carboxylic acids is 1. The molecule has 0 saturated heterocycles. The molecule has 0 aliphatic carbocycles. The van der Waals surface area contributed by atoms with Crippen LogP contribution >= 0.6 is 11.8 Å². The first-order valence-electron chi connectivity index (χ1n) is 7.24. The molecule has 7 heteroatoms. The van der Waals surface area contributed by atoms with Gasteiger partial charge in [-0.25, -0.2) is 9.59 Å². The lowest BCUT2D eigenvalue weighted by Crippen LogP contribution is -2.32. The van der Waals surface area contributed by atoms with Gasteiger partial charge in [-0.05, 0) is 26.3 Å². The third kappa shape index (κ3) is 5.28. The van der Waals surface area contributed by atoms with Crippen LogP contribution in [0.15, 0.2) is 29.3 Å². The molecule has 2 rings (SSSR count). The summed E-state index contributed by atoms with van der Waals surface area (Å²) in [6.07, 6.45) is -0.457. The normalized spacial score (nSPS) is 17.5. The summed E-state index contributed by atoms with van der Waals surface area (Å²) in [6, 6.07) is 6.85. The highest BCUT2D eigenvalue weighted by atomic mass is 32.2. The van der Waals surface area contributed by atoms with Crippen LogP contribution in [-0.4, -0.2) is 39.6 Å². The minimum atomic E-state index is -0.898. The van der Waals surface area contributed by atoms with Crippen molar-refractivity contribution < 1.29 is 19.4 Å². The smallest absolute Gasteiger partial charge is 0.407 e. The molecular weight excluding hydrogens is 316 g/mol. The number of hydrogen-bond donors (Lipinski definition) is 2. The number of thioether (sulfide) groups is 1. The summed E-state index contributed by atoms with van der Waals surface area (Å²) in [4.78, 5) is 26.7. The lowest BCUT2D eigenvalue weighted by Gasteiger charge is -2.19. The molecule has 124 valence electrons. The Hall–Kier alpha value is -2.02. The maximum Gasteiger partial charge on any atom is 0.407 e. The monoisotopic (exact) mass is 336 g/mol. The number of ether oxygens (including phenoxy) is 1. The predicted molar refractivity (Wildman–Crippen MR) is 89.9 cm³/mol. The average Bonchev–Trinajstić information content (AvgIpc) is 2.94. The van der Waals surface area contributed by atoms with Crippen molar-refractivity contribution >= 4 is 28.9 Å². The van der Waals surface area contributed by atoms with Crippen LogP contribution in [0.5, 0.6) is 0 Å². The van der Waals surface area contributed by atoms with Crippen molar-refractivity contribution in [1.29, 1.82) is 0 Å². The van der Waals surface area contributed by atoms with Crippen LogP contribution in [0.25, 0.3) is 0 Å². The predicted octanol–water partition coefficient (Wildman–Crippen LogP) is 2.66. The number of aliphatic imine (C=N–C) groups is 1. The van der Waals surface area contributed by atoms with Crippen LogP contribution in [-0.2, 0) is 16.1 Å². The molecule has 1 aromatic carbocycles. The van der Waals surface area contributed by atoms with Crippen LogP contribution < -0.4 is 5.32 Å². The molecule has 2 N–H and O–H groups in total. The molecule has 0 radical (unpaired) electrons. The molecule has 6 nitrogen and oxygen atoms in total. The van der Waals surface area contributed by atoms with Gasteiger partial charge in [0.25, 0.3) is 0 Å². The summed E-state index contributed by atoms with van der Waals surface area (Å²) in [5.41, 5.74) is 1.30. The summed E-state index contributed by atoms with van der Waals surface area (Å²) < 4.78 is 5.17. The number of alkyl carbamates (subject to hydrolysis) is 1. The van der Waals surface area contributed by atoms with Gasteiger partial charge in [-0.2, -0.15) is 0 Å². The second-order valence-electron chi connectivity index (χ2n) is 6.15. The summed E-state index contributed by atoms with van der Waals surface area (Å²) in [5, 5.41) is 12.4. The van der Waals surface area contributed by atoms with E-state index in [4.69, 9.17) is 9.84 Å². The maximum absolute atomic E-state index is 11.6. The molecule has 1 aromatic rings. The van der Waals surface area contributed by atoms with Crippen LogP contribution in [0.2, 0.25) is 0 Å². The molecule has 1 aliphatic rings. The van der Waals surface area contributed by atoms with Gasteiger partial charge in [0.2, 0.25) is 0 Å². The van der Waals surface area contributed by atoms with Gasteiger partial charge in [-0.3, -0.25) is 4.99 Å². The Bertz CT molecular complexity index is 620. The van der Waals surface area contributed by atoms with E-state index < -0.39 is 23.7 Å². The molecule has 0 bridgehead atoms. The summed E-state index contributed by atoms with van der Waals surface area (Å²) in [6.45, 7) is 5.80. The largest absolute Gasteiger partial charge is 0.480 e. The highest BCUT2D eigenvalue weighted by Gasteiger charge is 2.25. The second kappa shape index (κ2) is 7.04. The number of nitrogens with zero attached hydrogens (tertiary/aromatic N) is 1. The highest BCUT2D eigenvalue weighted by molar-refractivity contribution is 8.14. The van der Waals surface area contributed by atoms with E-state index in [1.807, 2.05) is 45.0 Å². The van der Waals surface area contributed by atoms with E-state index in [0.717, 1.165) is 16.2 Å². The number of nitrogens with one attached hydrogen (secondary N) is 1. The molecule has 1 heterocycles. The number of benzene rings is 1. The fourth-order valence-electron chi connectivity index (χ4n) is 1.91. The summed E-state index contributed by atoms with van der Waals surface area (Å²) in [5.74, 6) is -0.433. The van der Waals surface area contributed by atoms with Crippen molar-refractivity contribution in [2.75, 3.05) is 5.75 Å². The van der Waals surface area contributed by atoms with E-state index in [9.17, 15) is 9.59 Å². The summed E-state index contributed by atoms with van der Waals surface area (Å²) in [7, 11) is 0. The maximum atomic E-state index is 11.6. The molecule has 1 amide bonds. The zero-order valence-corrected chi connectivity index (χ0v) is 14.1. The van der Waals surface area contributed by atoms with E-state index in [1.54, 1.807) is 0 Å². The topological polar surface area (TPSA) is 88.0 Å². The molecule has 23 heavy (non-hydrogen) atoms. The van der Waals surface area contributed by atoms with Gasteiger partial charge in [0.05, 0.1) is 5.04 Å². The van der Waals surface area contributed by atoms with E-state index in [0.29, 0.717) is 12.3 Å². The van der Waals surface area contributed by atoms with Crippen LogP contribution in [0.4, 0.5) is 4.79 Å². The van der Waals surface area contributed by atoms with E-state index in [1.165, 1.54) is 11.8 Å². The molecular formula is C16H20N2O4S. The van der Waals surface area contributed by atoms with Gasteiger partial charge in [-0.1, -0.05) is 24.3 Å².